The van der Waals surface area contributed by atoms with Crippen molar-refractivity contribution >= 4 is 24.2 Å². The summed E-state index contributed by atoms with van der Waals surface area (Å²) < 4.78 is 0. The number of nitrogens with one attached hydrogen (secondary N) is 1. The Morgan fingerprint density at radius 1 is 1.46 bits per heavy atom. The second kappa shape index (κ2) is 4.89. The van der Waals surface area contributed by atoms with Gasteiger partial charge in [-0.3, -0.25) is 0 Å². The first kappa shape index (κ1) is 10.9. The maximum absolute atomic E-state index is 3.46. The molecule has 0 spiro atoms. The lowest BCUT2D eigenvalue weighted by Gasteiger charge is -2.09. The Hall–Kier alpha value is -0.180. The van der Waals surface area contributed by atoms with Gasteiger partial charge in [0.25, 0.3) is 0 Å². The van der Waals surface area contributed by atoms with Gasteiger partial charge in [0.05, 0.1) is 5.37 Å². The Kier molecular flexibility index (Phi) is 4.10. The van der Waals surface area contributed by atoms with Crippen LogP contribution in [0.5, 0.6) is 0 Å². The van der Waals surface area contributed by atoms with Crippen LogP contribution in [-0.4, -0.2) is 12.3 Å². The number of rotatable bonds is 1. The summed E-state index contributed by atoms with van der Waals surface area (Å²) in [5.41, 5.74) is 2.76. The molecule has 2 rings (SSSR count). The first-order valence-corrected chi connectivity index (χ1v) is 5.33. The quantitative estimate of drug-likeness (QED) is 0.773. The van der Waals surface area contributed by atoms with Crippen molar-refractivity contribution in [1.82, 2.24) is 5.32 Å². The van der Waals surface area contributed by atoms with Crippen LogP contribution >= 0.6 is 24.2 Å². The molecule has 1 aliphatic heterocycles. The van der Waals surface area contributed by atoms with Crippen LogP contribution in [0.15, 0.2) is 24.3 Å². The van der Waals surface area contributed by atoms with E-state index < -0.39 is 0 Å². The molecule has 0 aliphatic carbocycles. The summed E-state index contributed by atoms with van der Waals surface area (Å²) in [6, 6.07) is 8.73. The zero-order valence-corrected chi connectivity index (χ0v) is 9.25. The van der Waals surface area contributed by atoms with Crippen molar-refractivity contribution in [2.45, 2.75) is 12.3 Å². The molecular formula is C10H14ClNS. The van der Waals surface area contributed by atoms with E-state index in [1.807, 2.05) is 11.8 Å². The lowest BCUT2D eigenvalue weighted by atomic mass is 10.1. The molecule has 0 radical (unpaired) electrons. The minimum absolute atomic E-state index is 0. The highest BCUT2D eigenvalue weighted by Gasteiger charge is 2.15. The normalized spacial score (nSPS) is 21.2. The largest absolute Gasteiger partial charge is 0.301 e. The van der Waals surface area contributed by atoms with Gasteiger partial charge in [0.15, 0.2) is 0 Å². The highest BCUT2D eigenvalue weighted by molar-refractivity contribution is 7.99. The second-order valence-corrected chi connectivity index (χ2v) is 4.33. The highest BCUT2D eigenvalue weighted by Crippen LogP contribution is 2.29. The fraction of sp³-hybridized carbons (Fsp3) is 0.400. The van der Waals surface area contributed by atoms with Gasteiger partial charge in [-0.25, -0.2) is 0 Å². The number of halogens is 1. The molecule has 0 amide bonds. The van der Waals surface area contributed by atoms with E-state index in [0.29, 0.717) is 5.37 Å². The van der Waals surface area contributed by atoms with Crippen molar-refractivity contribution in [2.24, 2.45) is 0 Å². The molecule has 1 unspecified atom stereocenters. The topological polar surface area (TPSA) is 12.0 Å². The molecule has 0 aromatic heterocycles. The Morgan fingerprint density at radius 3 is 2.92 bits per heavy atom. The Bertz CT molecular complexity index is 271. The van der Waals surface area contributed by atoms with E-state index in [4.69, 9.17) is 0 Å². The molecule has 13 heavy (non-hydrogen) atoms. The molecule has 1 heterocycles. The maximum Gasteiger partial charge on any atom is 0.0790 e. The molecule has 0 saturated carbocycles. The Morgan fingerprint density at radius 2 is 2.31 bits per heavy atom. The van der Waals surface area contributed by atoms with Gasteiger partial charge in [-0.1, -0.05) is 29.8 Å². The molecule has 1 aromatic carbocycles. The average Bonchev–Trinajstić information content (AvgIpc) is 2.56. The van der Waals surface area contributed by atoms with Crippen LogP contribution in [0.1, 0.15) is 16.5 Å². The van der Waals surface area contributed by atoms with Gasteiger partial charge in [-0.05, 0) is 12.5 Å². The predicted molar refractivity (Wildman–Crippen MR) is 61.6 cm³/mol. The molecule has 3 heteroatoms. The summed E-state index contributed by atoms with van der Waals surface area (Å²) in [4.78, 5) is 0. The van der Waals surface area contributed by atoms with Crippen LogP contribution in [0.2, 0.25) is 0 Å². The van der Waals surface area contributed by atoms with E-state index >= 15 is 0 Å². The molecule has 1 saturated heterocycles. The van der Waals surface area contributed by atoms with Gasteiger partial charge >= 0.3 is 0 Å². The van der Waals surface area contributed by atoms with E-state index in [1.54, 1.807) is 0 Å². The third kappa shape index (κ3) is 2.63. The molecular weight excluding hydrogens is 202 g/mol. The van der Waals surface area contributed by atoms with Crippen LogP contribution < -0.4 is 5.32 Å². The summed E-state index contributed by atoms with van der Waals surface area (Å²) in [7, 11) is 0. The fourth-order valence-corrected chi connectivity index (χ4v) is 2.52. The van der Waals surface area contributed by atoms with Crippen molar-refractivity contribution in [1.29, 1.82) is 0 Å². The highest BCUT2D eigenvalue weighted by atomic mass is 35.5. The second-order valence-electron chi connectivity index (χ2n) is 3.12. The van der Waals surface area contributed by atoms with Gasteiger partial charge in [0, 0.05) is 12.3 Å². The van der Waals surface area contributed by atoms with Gasteiger partial charge in [-0.15, -0.1) is 24.2 Å². The summed E-state index contributed by atoms with van der Waals surface area (Å²) >= 11 is 1.99. The van der Waals surface area contributed by atoms with Crippen LogP contribution in [0.25, 0.3) is 0 Å². The number of aryl methyl sites for hydroxylation is 1. The number of benzene rings is 1. The minimum atomic E-state index is 0. The SMILES string of the molecule is Cc1cccc(C2NCCS2)c1.Cl. The summed E-state index contributed by atoms with van der Waals surface area (Å²) in [5.74, 6) is 1.23. The third-order valence-corrected chi connectivity index (χ3v) is 3.27. The van der Waals surface area contributed by atoms with Crippen molar-refractivity contribution in [3.05, 3.63) is 35.4 Å². The molecule has 72 valence electrons. The Labute approximate surface area is 89.7 Å². The number of hydrogen-bond donors (Lipinski definition) is 1. The van der Waals surface area contributed by atoms with E-state index in [2.05, 4.69) is 36.5 Å². The van der Waals surface area contributed by atoms with Crippen LogP contribution in [0.3, 0.4) is 0 Å². The number of thioether (sulfide) groups is 1. The number of hydrogen-bond acceptors (Lipinski definition) is 2. The van der Waals surface area contributed by atoms with Crippen LogP contribution in [0, 0.1) is 6.92 Å². The van der Waals surface area contributed by atoms with E-state index in [0.717, 1.165) is 6.54 Å². The fourth-order valence-electron chi connectivity index (χ4n) is 1.47. The van der Waals surface area contributed by atoms with Gasteiger partial charge < -0.3 is 5.32 Å². The lowest BCUT2D eigenvalue weighted by molar-refractivity contribution is 0.750. The first-order valence-electron chi connectivity index (χ1n) is 4.28. The van der Waals surface area contributed by atoms with Crippen molar-refractivity contribution in [2.75, 3.05) is 12.3 Å². The lowest BCUT2D eigenvalue weighted by Crippen LogP contribution is -2.11. The molecule has 0 bridgehead atoms. The molecule has 1 N–H and O–H groups in total. The van der Waals surface area contributed by atoms with Gasteiger partial charge in [-0.2, -0.15) is 0 Å². The summed E-state index contributed by atoms with van der Waals surface area (Å²) in [6.07, 6.45) is 0. The monoisotopic (exact) mass is 215 g/mol. The van der Waals surface area contributed by atoms with Crippen molar-refractivity contribution in [3.8, 4) is 0 Å². The third-order valence-electron chi connectivity index (χ3n) is 2.06. The average molecular weight is 216 g/mol. The predicted octanol–water partition coefficient (Wildman–Crippen LogP) is 2.75. The van der Waals surface area contributed by atoms with Crippen molar-refractivity contribution in [3.63, 3.8) is 0 Å². The first-order chi connectivity index (χ1) is 5.86. The van der Waals surface area contributed by atoms with Crippen LogP contribution in [-0.2, 0) is 0 Å². The molecule has 1 aromatic rings. The van der Waals surface area contributed by atoms with E-state index in [1.165, 1.54) is 16.9 Å². The zero-order valence-electron chi connectivity index (χ0n) is 7.62. The van der Waals surface area contributed by atoms with E-state index in [-0.39, 0.29) is 12.4 Å². The molecule has 1 fully saturated rings. The molecule has 1 nitrogen and oxygen atoms in total. The standard InChI is InChI=1S/C10H13NS.ClH/c1-8-3-2-4-9(7-8)10-11-5-6-12-10;/h2-4,7,10-11H,5-6H2,1H3;1H. The van der Waals surface area contributed by atoms with Crippen molar-refractivity contribution < 1.29 is 0 Å². The molecule has 1 atom stereocenters. The molecule has 1 aliphatic rings. The van der Waals surface area contributed by atoms with Gasteiger partial charge in [0.2, 0.25) is 0 Å². The zero-order chi connectivity index (χ0) is 8.39. The van der Waals surface area contributed by atoms with Crippen LogP contribution in [0.4, 0.5) is 0 Å². The summed E-state index contributed by atoms with van der Waals surface area (Å²) in [6.45, 7) is 3.28. The van der Waals surface area contributed by atoms with E-state index in [9.17, 15) is 0 Å². The maximum atomic E-state index is 3.46. The van der Waals surface area contributed by atoms with Gasteiger partial charge in [0.1, 0.15) is 0 Å². The smallest absolute Gasteiger partial charge is 0.0790 e. The summed E-state index contributed by atoms with van der Waals surface area (Å²) in [5, 5.41) is 4.00. The minimum Gasteiger partial charge on any atom is -0.301 e. The Balaban J connectivity index is 0.000000845.